The molecule has 44 heavy (non-hydrogen) atoms. The summed E-state index contributed by atoms with van der Waals surface area (Å²) in [6.45, 7) is 12.6. The molecule has 230 valence electrons. The number of anilines is 2. The topological polar surface area (TPSA) is 88.8 Å². The van der Waals surface area contributed by atoms with Gasteiger partial charge in [-0.25, -0.2) is 9.37 Å². The molecule has 2 aromatic carbocycles. The Kier molecular flexibility index (Phi) is 8.72. The zero-order valence-electron chi connectivity index (χ0n) is 25.2. The molecule has 2 fully saturated rings. The molecule has 2 saturated heterocycles. The number of likely N-dealkylation sites (N-methyl/N-ethyl adjacent to an activating group) is 1. The van der Waals surface area contributed by atoms with Crippen molar-refractivity contribution < 1.29 is 13.9 Å². The molecule has 3 aromatic rings. The van der Waals surface area contributed by atoms with Gasteiger partial charge in [-0.05, 0) is 30.1 Å². The molecule has 1 amide bonds. The van der Waals surface area contributed by atoms with Crippen molar-refractivity contribution in [1.82, 2.24) is 19.8 Å². The quantitative estimate of drug-likeness (QED) is 0.325. The number of hydrogen-bond acceptors (Lipinski definition) is 8. The molecule has 4 heterocycles. The Hall–Kier alpha value is -3.78. The number of ether oxygens (including phenoxy) is 1. The van der Waals surface area contributed by atoms with Crippen molar-refractivity contribution in [2.75, 3.05) is 55.6 Å². The first-order valence-corrected chi connectivity index (χ1v) is 15.6. The number of carbonyl (C=O) groups is 1. The van der Waals surface area contributed by atoms with Crippen LogP contribution in [0.5, 0.6) is 0 Å². The van der Waals surface area contributed by atoms with Crippen LogP contribution < -0.4 is 9.80 Å². The fourth-order valence-electron chi connectivity index (χ4n) is 6.77. The Balaban J connectivity index is 1.35. The molecule has 0 radical (unpaired) electrons. The highest BCUT2D eigenvalue weighted by molar-refractivity contribution is 6.35. The van der Waals surface area contributed by atoms with E-state index in [1.807, 2.05) is 18.2 Å². The minimum absolute atomic E-state index is 0.0771. The Morgan fingerprint density at radius 3 is 2.59 bits per heavy atom. The number of aromatic nitrogens is 2. The normalized spacial score (nSPS) is 20.4. The molecular weight excluding hydrogens is 581 g/mol. The molecule has 3 aliphatic heterocycles. The summed E-state index contributed by atoms with van der Waals surface area (Å²) in [5.41, 5.74) is 2.85. The summed E-state index contributed by atoms with van der Waals surface area (Å²) >= 11 is 6.68. The first kappa shape index (κ1) is 30.3. The number of hydrogen-bond donors (Lipinski definition) is 0. The van der Waals surface area contributed by atoms with Crippen LogP contribution in [0.4, 0.5) is 16.2 Å². The molecule has 0 saturated carbocycles. The summed E-state index contributed by atoms with van der Waals surface area (Å²) in [7, 11) is 0. The maximum absolute atomic E-state index is 13.8. The van der Waals surface area contributed by atoms with Gasteiger partial charge in [-0.3, -0.25) is 9.69 Å². The van der Waals surface area contributed by atoms with E-state index in [9.17, 15) is 14.4 Å². The summed E-state index contributed by atoms with van der Waals surface area (Å²) in [5, 5.41) is 12.2. The van der Waals surface area contributed by atoms with Crippen LogP contribution in [0.2, 0.25) is 5.02 Å². The maximum Gasteiger partial charge on any atom is 0.282 e. The summed E-state index contributed by atoms with van der Waals surface area (Å²) in [6, 6.07) is 14.2. The Labute approximate surface area is 262 Å². The Morgan fingerprint density at radius 1 is 1.14 bits per heavy atom. The number of piperazine rings is 1. The largest absolute Gasteiger partial charge is 0.368 e. The maximum atomic E-state index is 13.8. The molecule has 0 N–H and O–H groups in total. The third-order valence-electron chi connectivity index (χ3n) is 9.18. The molecule has 0 aliphatic carbocycles. The van der Waals surface area contributed by atoms with Crippen LogP contribution in [0.15, 0.2) is 48.8 Å². The van der Waals surface area contributed by atoms with Gasteiger partial charge in [0, 0.05) is 61.2 Å². The summed E-state index contributed by atoms with van der Waals surface area (Å²) in [4.78, 5) is 30.9. The minimum atomic E-state index is -1.02. The van der Waals surface area contributed by atoms with Crippen molar-refractivity contribution in [3.63, 3.8) is 0 Å². The van der Waals surface area contributed by atoms with Gasteiger partial charge < -0.3 is 19.4 Å². The lowest BCUT2D eigenvalue weighted by Crippen LogP contribution is -2.60. The third-order valence-corrected chi connectivity index (χ3v) is 9.49. The van der Waals surface area contributed by atoms with Gasteiger partial charge >= 0.3 is 0 Å². The number of nitriles is 1. The van der Waals surface area contributed by atoms with Crippen LogP contribution in [0.1, 0.15) is 43.2 Å². The highest BCUT2D eigenvalue weighted by Crippen LogP contribution is 2.40. The molecule has 2 atom stereocenters. The summed E-state index contributed by atoms with van der Waals surface area (Å²) < 4.78 is 20.3. The number of nitrogens with zero attached hydrogens (tertiary/aromatic N) is 7. The van der Waals surface area contributed by atoms with Crippen molar-refractivity contribution in [2.24, 2.45) is 0 Å². The lowest BCUT2D eigenvalue weighted by molar-refractivity contribution is -0.131. The van der Waals surface area contributed by atoms with Crippen LogP contribution in [0.25, 0.3) is 10.8 Å². The van der Waals surface area contributed by atoms with Crippen molar-refractivity contribution in [2.45, 2.75) is 51.5 Å². The fraction of sp³-hybridized carbons (Fsp3) is 0.455. The van der Waals surface area contributed by atoms with Gasteiger partial charge in [0.05, 0.1) is 36.9 Å². The lowest BCUT2D eigenvalue weighted by atomic mass is 9.94. The van der Waals surface area contributed by atoms with Crippen LogP contribution in [0, 0.1) is 11.3 Å². The SMILES string of the molecule is C=C(F)C(=O)N1CCN(c2nc(N3CC(N(CC)CC)C3)nc3c2COC(c2cccc4cccc(Cl)c24)C3)C[C@@H]1CC#N. The first-order valence-electron chi connectivity index (χ1n) is 15.3. The molecule has 3 aliphatic rings. The van der Waals surface area contributed by atoms with Gasteiger partial charge in [0.1, 0.15) is 5.82 Å². The zero-order chi connectivity index (χ0) is 31.0. The van der Waals surface area contributed by atoms with Crippen molar-refractivity contribution in [1.29, 1.82) is 5.26 Å². The first-order chi connectivity index (χ1) is 21.3. The minimum Gasteiger partial charge on any atom is -0.368 e. The van der Waals surface area contributed by atoms with E-state index in [0.717, 1.165) is 59.6 Å². The van der Waals surface area contributed by atoms with E-state index in [2.05, 4.69) is 59.4 Å². The van der Waals surface area contributed by atoms with E-state index in [4.69, 9.17) is 26.3 Å². The number of fused-ring (bicyclic) bond motifs is 2. The van der Waals surface area contributed by atoms with E-state index in [0.29, 0.717) is 43.1 Å². The van der Waals surface area contributed by atoms with E-state index in [1.54, 1.807) is 0 Å². The molecule has 0 spiro atoms. The highest BCUT2D eigenvalue weighted by atomic mass is 35.5. The van der Waals surface area contributed by atoms with E-state index < -0.39 is 17.8 Å². The fourth-order valence-corrected chi connectivity index (χ4v) is 7.07. The average molecular weight is 618 g/mol. The van der Waals surface area contributed by atoms with Crippen molar-refractivity contribution in [3.8, 4) is 6.07 Å². The van der Waals surface area contributed by atoms with E-state index >= 15 is 0 Å². The molecule has 11 heteroatoms. The number of halogens is 2. The van der Waals surface area contributed by atoms with Crippen molar-refractivity contribution >= 4 is 40.0 Å². The van der Waals surface area contributed by atoms with Gasteiger partial charge in [0.15, 0.2) is 5.83 Å². The van der Waals surface area contributed by atoms with Gasteiger partial charge in [-0.2, -0.15) is 10.2 Å². The lowest BCUT2D eigenvalue weighted by Gasteiger charge is -2.46. The molecule has 9 nitrogen and oxygen atoms in total. The van der Waals surface area contributed by atoms with E-state index in [-0.39, 0.29) is 19.1 Å². The average Bonchev–Trinajstić information content (AvgIpc) is 3.01. The summed E-state index contributed by atoms with van der Waals surface area (Å²) in [5.74, 6) is -0.360. The van der Waals surface area contributed by atoms with Crippen LogP contribution in [-0.2, 0) is 22.6 Å². The van der Waals surface area contributed by atoms with Gasteiger partial charge in [0.2, 0.25) is 5.95 Å². The molecular formula is C33H37ClFN7O2. The Morgan fingerprint density at radius 2 is 1.89 bits per heavy atom. The van der Waals surface area contributed by atoms with Gasteiger partial charge in [-0.15, -0.1) is 0 Å². The number of carbonyl (C=O) groups excluding carboxylic acids is 1. The zero-order valence-corrected chi connectivity index (χ0v) is 25.9. The number of benzene rings is 2. The Bertz CT molecular complexity index is 1610. The summed E-state index contributed by atoms with van der Waals surface area (Å²) in [6.07, 6.45) is 0.392. The van der Waals surface area contributed by atoms with Crippen molar-refractivity contribution in [3.05, 3.63) is 70.6 Å². The predicted molar refractivity (Wildman–Crippen MR) is 169 cm³/mol. The predicted octanol–water partition coefficient (Wildman–Crippen LogP) is 5.04. The second-order valence-electron chi connectivity index (χ2n) is 11.6. The smallest absolute Gasteiger partial charge is 0.282 e. The molecule has 6 rings (SSSR count). The number of rotatable bonds is 8. The molecule has 1 unspecified atom stereocenters. The van der Waals surface area contributed by atoms with E-state index in [1.165, 1.54) is 4.90 Å². The highest BCUT2D eigenvalue weighted by Gasteiger charge is 2.38. The number of amides is 1. The molecule has 0 bridgehead atoms. The molecule has 1 aromatic heterocycles. The van der Waals surface area contributed by atoms with Crippen LogP contribution >= 0.6 is 11.6 Å². The van der Waals surface area contributed by atoms with Crippen LogP contribution in [0.3, 0.4) is 0 Å². The van der Waals surface area contributed by atoms with Gasteiger partial charge in [-0.1, -0.05) is 62.4 Å². The second-order valence-corrected chi connectivity index (χ2v) is 12.0. The third kappa shape index (κ3) is 5.60. The second kappa shape index (κ2) is 12.7. The monoisotopic (exact) mass is 617 g/mol. The van der Waals surface area contributed by atoms with Crippen LogP contribution in [-0.4, -0.2) is 83.6 Å². The van der Waals surface area contributed by atoms with Gasteiger partial charge in [0.25, 0.3) is 5.91 Å². The standard InChI is InChI=1S/C33H37ClFN7O2/c1-4-39(5-2)24-18-41(19-24)33-37-28-16-29(25-10-6-8-22-9-7-11-27(34)30(22)25)44-20-26(28)31(38-33)40-14-15-42(32(43)21(3)35)23(17-40)12-13-36/h6-11,23-24,29H,3-5,12,14-20H2,1-2H3/t23-,29?/m0/s1.